The second kappa shape index (κ2) is 6.60. The first kappa shape index (κ1) is 13.9. The summed E-state index contributed by atoms with van der Waals surface area (Å²) in [6.07, 6.45) is 3.84. The molecule has 1 heterocycles. The number of benzene rings is 1. The molecule has 0 aliphatic carbocycles. The Morgan fingerprint density at radius 1 is 1.32 bits per heavy atom. The third-order valence-electron chi connectivity index (χ3n) is 3.58. The van der Waals surface area contributed by atoms with Crippen LogP contribution >= 0.6 is 0 Å². The zero-order valence-corrected chi connectivity index (χ0v) is 11.9. The molecule has 3 nitrogen and oxygen atoms in total. The summed E-state index contributed by atoms with van der Waals surface area (Å²) >= 11 is 0. The summed E-state index contributed by atoms with van der Waals surface area (Å²) in [4.78, 5) is 14.4. The molecule has 0 saturated carbocycles. The van der Waals surface area contributed by atoms with E-state index < -0.39 is 0 Å². The highest BCUT2D eigenvalue weighted by Crippen LogP contribution is 2.18. The van der Waals surface area contributed by atoms with Crippen molar-refractivity contribution in [1.82, 2.24) is 4.90 Å². The Bertz CT molecular complexity index is 425. The van der Waals surface area contributed by atoms with Crippen LogP contribution in [0, 0.1) is 6.92 Å². The first-order valence-electron chi connectivity index (χ1n) is 7.23. The molecule has 1 amide bonds. The molecule has 1 saturated heterocycles. The van der Waals surface area contributed by atoms with Gasteiger partial charge in [0.25, 0.3) is 5.91 Å². The minimum atomic E-state index is -0.347. The number of rotatable bonds is 4. The molecule has 2 rings (SSSR count). The number of hydrogen-bond acceptors (Lipinski definition) is 2. The number of hydrogen-bond donors (Lipinski definition) is 0. The molecule has 1 aromatic carbocycles. The molecule has 0 N–H and O–H groups in total. The maximum atomic E-state index is 12.4. The molecule has 0 spiro atoms. The van der Waals surface area contributed by atoms with E-state index >= 15 is 0 Å². The van der Waals surface area contributed by atoms with Crippen LogP contribution in [0.15, 0.2) is 24.3 Å². The summed E-state index contributed by atoms with van der Waals surface area (Å²) in [6, 6.07) is 7.88. The summed E-state index contributed by atoms with van der Waals surface area (Å²) in [6.45, 7) is 5.79. The summed E-state index contributed by atoms with van der Waals surface area (Å²) in [5.41, 5.74) is 1.15. The third kappa shape index (κ3) is 3.72. The first-order valence-corrected chi connectivity index (χ1v) is 7.23. The monoisotopic (exact) mass is 261 g/mol. The van der Waals surface area contributed by atoms with E-state index in [1.54, 1.807) is 0 Å². The van der Waals surface area contributed by atoms with Crippen molar-refractivity contribution in [3.63, 3.8) is 0 Å². The lowest BCUT2D eigenvalue weighted by Gasteiger charge is -2.30. The summed E-state index contributed by atoms with van der Waals surface area (Å²) in [5, 5.41) is 0. The molecular weight excluding hydrogens is 238 g/mol. The zero-order chi connectivity index (χ0) is 13.7. The highest BCUT2D eigenvalue weighted by molar-refractivity contribution is 5.81. The molecule has 104 valence electrons. The number of amides is 1. The number of likely N-dealkylation sites (tertiary alicyclic amines) is 1. The van der Waals surface area contributed by atoms with Crippen LogP contribution < -0.4 is 4.74 Å². The van der Waals surface area contributed by atoms with Crippen molar-refractivity contribution in [1.29, 1.82) is 0 Å². The van der Waals surface area contributed by atoms with Gasteiger partial charge in [0.05, 0.1) is 0 Å². The van der Waals surface area contributed by atoms with Crippen molar-refractivity contribution in [3.05, 3.63) is 29.8 Å². The van der Waals surface area contributed by atoms with Crippen molar-refractivity contribution < 1.29 is 9.53 Å². The Morgan fingerprint density at radius 3 is 2.68 bits per heavy atom. The van der Waals surface area contributed by atoms with Gasteiger partial charge in [-0.15, -0.1) is 0 Å². The Hall–Kier alpha value is -1.51. The van der Waals surface area contributed by atoms with E-state index in [0.29, 0.717) is 6.42 Å². The van der Waals surface area contributed by atoms with Crippen LogP contribution in [0.5, 0.6) is 5.75 Å². The minimum Gasteiger partial charge on any atom is -0.481 e. The highest BCUT2D eigenvalue weighted by Gasteiger charge is 2.25. The van der Waals surface area contributed by atoms with Gasteiger partial charge in [-0.1, -0.05) is 19.1 Å². The Balaban J connectivity index is 2.00. The lowest BCUT2D eigenvalue weighted by atomic mass is 10.1. The molecule has 0 aromatic heterocycles. The van der Waals surface area contributed by atoms with E-state index in [1.165, 1.54) is 6.42 Å². The number of carbonyl (C=O) groups is 1. The topological polar surface area (TPSA) is 29.5 Å². The van der Waals surface area contributed by atoms with Gasteiger partial charge in [0.2, 0.25) is 0 Å². The summed E-state index contributed by atoms with van der Waals surface area (Å²) in [7, 11) is 0. The van der Waals surface area contributed by atoms with Crippen LogP contribution in [0.25, 0.3) is 0 Å². The van der Waals surface area contributed by atoms with Crippen LogP contribution in [0.4, 0.5) is 0 Å². The average molecular weight is 261 g/mol. The normalized spacial score (nSPS) is 17.1. The van der Waals surface area contributed by atoms with E-state index in [9.17, 15) is 4.79 Å². The van der Waals surface area contributed by atoms with Crippen molar-refractivity contribution in [2.75, 3.05) is 13.1 Å². The predicted octanol–water partition coefficient (Wildman–Crippen LogP) is 3.16. The van der Waals surface area contributed by atoms with Gasteiger partial charge in [0.15, 0.2) is 6.10 Å². The average Bonchev–Trinajstić information content (AvgIpc) is 2.45. The molecule has 1 aliphatic heterocycles. The fourth-order valence-corrected chi connectivity index (χ4v) is 2.48. The van der Waals surface area contributed by atoms with Crippen molar-refractivity contribution in [2.24, 2.45) is 0 Å². The van der Waals surface area contributed by atoms with E-state index in [-0.39, 0.29) is 12.0 Å². The van der Waals surface area contributed by atoms with Gasteiger partial charge in [-0.25, -0.2) is 0 Å². The lowest BCUT2D eigenvalue weighted by Crippen LogP contribution is -2.44. The third-order valence-corrected chi connectivity index (χ3v) is 3.58. The predicted molar refractivity (Wildman–Crippen MR) is 76.3 cm³/mol. The van der Waals surface area contributed by atoms with Gasteiger partial charge in [0, 0.05) is 13.1 Å². The quantitative estimate of drug-likeness (QED) is 0.833. The number of carbonyl (C=O) groups excluding carboxylic acids is 1. The molecule has 0 unspecified atom stereocenters. The van der Waals surface area contributed by atoms with Crippen molar-refractivity contribution in [2.45, 2.75) is 45.6 Å². The zero-order valence-electron chi connectivity index (χ0n) is 11.9. The van der Waals surface area contributed by atoms with Gasteiger partial charge in [-0.2, -0.15) is 0 Å². The van der Waals surface area contributed by atoms with Gasteiger partial charge in [0.1, 0.15) is 5.75 Å². The largest absolute Gasteiger partial charge is 0.481 e. The van der Waals surface area contributed by atoms with Crippen LogP contribution in [0.3, 0.4) is 0 Å². The standard InChI is InChI=1S/C16H23NO2/c1-3-15(16(18)17-10-5-4-6-11-17)19-14-9-7-8-13(2)12-14/h7-9,12,15H,3-6,10-11H2,1-2H3/t15-/m0/s1. The maximum Gasteiger partial charge on any atom is 0.263 e. The van der Waals surface area contributed by atoms with Gasteiger partial charge in [-0.3, -0.25) is 4.79 Å². The second-order valence-corrected chi connectivity index (χ2v) is 5.22. The number of piperidine rings is 1. The van der Waals surface area contributed by atoms with E-state index in [4.69, 9.17) is 4.74 Å². The maximum absolute atomic E-state index is 12.4. The number of nitrogens with zero attached hydrogens (tertiary/aromatic N) is 1. The Labute approximate surface area is 115 Å². The van der Waals surface area contributed by atoms with Crippen molar-refractivity contribution >= 4 is 5.91 Å². The Kier molecular flexibility index (Phi) is 4.83. The molecule has 0 bridgehead atoms. The van der Waals surface area contributed by atoms with E-state index in [0.717, 1.165) is 37.2 Å². The van der Waals surface area contributed by atoms with Crippen LogP contribution in [0.1, 0.15) is 38.2 Å². The summed E-state index contributed by atoms with van der Waals surface area (Å²) in [5.74, 6) is 0.931. The first-order chi connectivity index (χ1) is 9.20. The van der Waals surface area contributed by atoms with Gasteiger partial charge >= 0.3 is 0 Å². The molecule has 1 aliphatic rings. The van der Waals surface area contributed by atoms with E-state index in [1.807, 2.05) is 43.0 Å². The van der Waals surface area contributed by atoms with Crippen LogP contribution in [-0.4, -0.2) is 30.0 Å². The minimum absolute atomic E-state index is 0.142. The summed E-state index contributed by atoms with van der Waals surface area (Å²) < 4.78 is 5.87. The molecule has 1 aromatic rings. The highest BCUT2D eigenvalue weighted by atomic mass is 16.5. The van der Waals surface area contributed by atoms with Crippen LogP contribution in [0.2, 0.25) is 0 Å². The number of aryl methyl sites for hydroxylation is 1. The van der Waals surface area contributed by atoms with Crippen molar-refractivity contribution in [3.8, 4) is 5.75 Å². The molecule has 1 atom stereocenters. The van der Waals surface area contributed by atoms with E-state index in [2.05, 4.69) is 0 Å². The second-order valence-electron chi connectivity index (χ2n) is 5.22. The fourth-order valence-electron chi connectivity index (χ4n) is 2.48. The fraction of sp³-hybridized carbons (Fsp3) is 0.562. The Morgan fingerprint density at radius 2 is 2.05 bits per heavy atom. The lowest BCUT2D eigenvalue weighted by molar-refractivity contribution is -0.139. The molecule has 3 heteroatoms. The SMILES string of the molecule is CC[C@H](Oc1cccc(C)c1)C(=O)N1CCCCC1. The molecule has 1 fully saturated rings. The molecule has 19 heavy (non-hydrogen) atoms. The number of ether oxygens (including phenoxy) is 1. The molecule has 0 radical (unpaired) electrons. The molecular formula is C16H23NO2. The van der Waals surface area contributed by atoms with Gasteiger partial charge < -0.3 is 9.64 Å². The van der Waals surface area contributed by atoms with Crippen LogP contribution in [-0.2, 0) is 4.79 Å². The smallest absolute Gasteiger partial charge is 0.263 e. The van der Waals surface area contributed by atoms with Gasteiger partial charge in [-0.05, 0) is 50.3 Å².